The molecule has 3 heteroatoms. The Balaban J connectivity index is 1.80. The second kappa shape index (κ2) is 7.04. The average Bonchev–Trinajstić information content (AvgIpc) is 3.12. The zero-order valence-corrected chi connectivity index (χ0v) is 17.0. The third-order valence-electron chi connectivity index (χ3n) is 6.47. The summed E-state index contributed by atoms with van der Waals surface area (Å²) in [5.74, 6) is 0.568. The number of aryl methyl sites for hydroxylation is 2. The number of aromatic nitrogens is 1. The molecular weight excluding hydrogens is 356 g/mol. The van der Waals surface area contributed by atoms with Crippen LogP contribution in [0.4, 0.5) is 5.69 Å². The molecule has 0 atom stereocenters. The van der Waals surface area contributed by atoms with Gasteiger partial charge in [0.2, 0.25) is 11.4 Å². The lowest BCUT2D eigenvalue weighted by atomic mass is 9.82. The Morgan fingerprint density at radius 2 is 1.90 bits per heavy atom. The molecule has 1 aliphatic carbocycles. The van der Waals surface area contributed by atoms with Crippen LogP contribution in [0.1, 0.15) is 49.1 Å². The van der Waals surface area contributed by atoms with E-state index in [1.54, 1.807) is 0 Å². The molecule has 3 nitrogen and oxygen atoms in total. The molecule has 144 valence electrons. The van der Waals surface area contributed by atoms with E-state index in [1.807, 2.05) is 12.1 Å². The van der Waals surface area contributed by atoms with E-state index in [4.69, 9.17) is 11.0 Å². The lowest BCUT2D eigenvalue weighted by Crippen LogP contribution is -2.30. The van der Waals surface area contributed by atoms with Crippen molar-refractivity contribution in [3.8, 4) is 11.3 Å². The van der Waals surface area contributed by atoms with Crippen LogP contribution in [0, 0.1) is 13.5 Å². The zero-order chi connectivity index (χ0) is 20.0. The normalized spacial score (nSPS) is 15.1. The van der Waals surface area contributed by atoms with Crippen molar-refractivity contribution in [1.82, 2.24) is 0 Å². The lowest BCUT2D eigenvalue weighted by molar-refractivity contribution is -0.660. The Labute approximate surface area is 171 Å². The van der Waals surface area contributed by atoms with Gasteiger partial charge in [0, 0.05) is 22.9 Å². The van der Waals surface area contributed by atoms with Crippen LogP contribution >= 0.6 is 0 Å². The maximum atomic E-state index is 7.62. The largest absolute Gasteiger partial charge is 0.467 e. The summed E-state index contributed by atoms with van der Waals surface area (Å²) >= 11 is 0. The maximum absolute atomic E-state index is 7.62. The van der Waals surface area contributed by atoms with Crippen molar-refractivity contribution in [2.45, 2.75) is 44.9 Å². The van der Waals surface area contributed by atoms with Gasteiger partial charge in [-0.25, -0.2) is 9.41 Å². The van der Waals surface area contributed by atoms with E-state index in [0.717, 1.165) is 27.6 Å². The van der Waals surface area contributed by atoms with Crippen LogP contribution < -0.4 is 4.57 Å². The van der Waals surface area contributed by atoms with E-state index in [0.29, 0.717) is 11.6 Å². The SMILES string of the molecule is [C-]#[N+]c1ccc(C2CCCCC2)c2c1oc1cc(-c3cccc[n+]3C)c(C)cc12. The van der Waals surface area contributed by atoms with E-state index in [9.17, 15) is 0 Å². The Kier molecular flexibility index (Phi) is 4.36. The molecule has 29 heavy (non-hydrogen) atoms. The van der Waals surface area contributed by atoms with E-state index in [-0.39, 0.29) is 0 Å². The van der Waals surface area contributed by atoms with Crippen LogP contribution in [-0.4, -0.2) is 0 Å². The summed E-state index contributed by atoms with van der Waals surface area (Å²) in [6.07, 6.45) is 8.45. The number of fused-ring (bicyclic) bond motifs is 3. The molecule has 4 aromatic rings. The predicted molar refractivity (Wildman–Crippen MR) is 117 cm³/mol. The van der Waals surface area contributed by atoms with Gasteiger partial charge in [0.25, 0.3) is 0 Å². The molecule has 0 saturated heterocycles. The first-order valence-corrected chi connectivity index (χ1v) is 10.5. The first-order valence-electron chi connectivity index (χ1n) is 10.5. The monoisotopic (exact) mass is 381 g/mol. The number of nitrogens with zero attached hydrogens (tertiary/aromatic N) is 2. The van der Waals surface area contributed by atoms with Gasteiger partial charge in [-0.1, -0.05) is 31.4 Å². The summed E-state index contributed by atoms with van der Waals surface area (Å²) < 4.78 is 8.47. The fourth-order valence-electron chi connectivity index (χ4n) is 4.97. The summed E-state index contributed by atoms with van der Waals surface area (Å²) in [6.45, 7) is 9.79. The number of furan rings is 1. The van der Waals surface area contributed by atoms with Crippen LogP contribution in [0.25, 0.3) is 38.0 Å². The first kappa shape index (κ1) is 17.9. The van der Waals surface area contributed by atoms with Crippen molar-refractivity contribution in [2.24, 2.45) is 7.05 Å². The smallest absolute Gasteiger partial charge is 0.229 e. The maximum Gasteiger partial charge on any atom is 0.229 e. The molecule has 0 aliphatic heterocycles. The van der Waals surface area contributed by atoms with Crippen LogP contribution in [0.2, 0.25) is 0 Å². The number of hydrogen-bond acceptors (Lipinski definition) is 1. The van der Waals surface area contributed by atoms with Crippen molar-refractivity contribution < 1.29 is 8.98 Å². The van der Waals surface area contributed by atoms with Crippen LogP contribution in [0.15, 0.2) is 53.1 Å². The molecule has 1 aliphatic rings. The van der Waals surface area contributed by atoms with Gasteiger partial charge in [0.1, 0.15) is 18.2 Å². The molecule has 2 heterocycles. The Bertz CT molecular complexity index is 1270. The highest BCUT2D eigenvalue weighted by molar-refractivity contribution is 6.12. The van der Waals surface area contributed by atoms with Gasteiger partial charge in [0.05, 0.1) is 12.1 Å². The predicted octanol–water partition coefficient (Wildman–Crippen LogP) is 6.98. The highest BCUT2D eigenvalue weighted by atomic mass is 16.3. The molecular formula is C26H25N2O+. The average molecular weight is 381 g/mol. The van der Waals surface area contributed by atoms with Crippen molar-refractivity contribution in [3.05, 3.63) is 71.2 Å². The number of rotatable bonds is 2. The molecule has 0 radical (unpaired) electrons. The first-order chi connectivity index (χ1) is 14.2. The molecule has 2 aromatic heterocycles. The third kappa shape index (κ3) is 2.91. The Morgan fingerprint density at radius 1 is 1.07 bits per heavy atom. The van der Waals surface area contributed by atoms with Crippen molar-refractivity contribution in [2.75, 3.05) is 0 Å². The summed E-state index contributed by atoms with van der Waals surface area (Å²) in [6, 6.07) is 14.8. The van der Waals surface area contributed by atoms with Gasteiger partial charge in [-0.05, 0) is 55.0 Å². The molecule has 5 rings (SSSR count). The second-order valence-electron chi connectivity index (χ2n) is 8.29. The van der Waals surface area contributed by atoms with Crippen LogP contribution in [0.3, 0.4) is 0 Å². The molecule has 0 N–H and O–H groups in total. The van der Waals surface area contributed by atoms with Gasteiger partial charge in [0.15, 0.2) is 6.20 Å². The van der Waals surface area contributed by atoms with E-state index in [2.05, 4.69) is 59.9 Å². The molecule has 0 bridgehead atoms. The Hall–Kier alpha value is -3.12. The minimum absolute atomic E-state index is 0.568. The standard InChI is InChI=1S/C26H25N2O/c1-17-15-21-24(16-20(17)23-11-7-8-14-28(23)3)29-26-22(27-2)13-12-19(25(21)26)18-9-5-4-6-10-18/h7-8,11-16,18H,4-6,9-10H2,1,3H3/q+1. The van der Waals surface area contributed by atoms with Crippen molar-refractivity contribution in [3.63, 3.8) is 0 Å². The van der Waals surface area contributed by atoms with Crippen LogP contribution in [0.5, 0.6) is 0 Å². The molecule has 0 amide bonds. The lowest BCUT2D eigenvalue weighted by Gasteiger charge is -2.23. The van der Waals surface area contributed by atoms with E-state index < -0.39 is 0 Å². The summed E-state index contributed by atoms with van der Waals surface area (Å²) in [5, 5.41) is 2.30. The number of hydrogen-bond donors (Lipinski definition) is 0. The van der Waals surface area contributed by atoms with Gasteiger partial charge in [-0.15, -0.1) is 0 Å². The quantitative estimate of drug-likeness (QED) is 0.271. The zero-order valence-electron chi connectivity index (χ0n) is 17.0. The van der Waals surface area contributed by atoms with Crippen molar-refractivity contribution in [1.29, 1.82) is 0 Å². The number of benzene rings is 2. The highest BCUT2D eigenvalue weighted by Gasteiger charge is 2.23. The molecule has 2 aromatic carbocycles. The minimum atomic E-state index is 0.568. The van der Waals surface area contributed by atoms with Gasteiger partial charge in [-0.3, -0.25) is 0 Å². The van der Waals surface area contributed by atoms with Crippen molar-refractivity contribution >= 4 is 27.6 Å². The number of pyridine rings is 1. The highest BCUT2D eigenvalue weighted by Crippen LogP contribution is 2.44. The third-order valence-corrected chi connectivity index (χ3v) is 6.47. The van der Waals surface area contributed by atoms with Gasteiger partial charge in [-0.2, -0.15) is 0 Å². The Morgan fingerprint density at radius 3 is 2.66 bits per heavy atom. The fourth-order valence-corrected chi connectivity index (χ4v) is 4.97. The summed E-state index contributed by atoms with van der Waals surface area (Å²) in [4.78, 5) is 3.75. The topological polar surface area (TPSA) is 21.4 Å². The molecule has 0 spiro atoms. The molecule has 1 fully saturated rings. The molecule has 0 unspecified atom stereocenters. The fraction of sp³-hybridized carbons (Fsp3) is 0.308. The second-order valence-corrected chi connectivity index (χ2v) is 8.29. The minimum Gasteiger partial charge on any atom is -0.467 e. The van der Waals surface area contributed by atoms with E-state index >= 15 is 0 Å². The van der Waals surface area contributed by atoms with Gasteiger partial charge >= 0.3 is 0 Å². The molecule has 1 saturated carbocycles. The van der Waals surface area contributed by atoms with Gasteiger partial charge < -0.3 is 4.42 Å². The van der Waals surface area contributed by atoms with Crippen LogP contribution in [-0.2, 0) is 7.05 Å². The van der Waals surface area contributed by atoms with E-state index in [1.165, 1.54) is 48.8 Å². The summed E-state index contributed by atoms with van der Waals surface area (Å²) in [5.41, 5.74) is 7.16. The summed E-state index contributed by atoms with van der Waals surface area (Å²) in [7, 11) is 2.07.